The topological polar surface area (TPSA) is 111 Å². The molecule has 0 aromatic heterocycles. The van der Waals surface area contributed by atoms with E-state index in [1.807, 2.05) is 33.3 Å². The highest BCUT2D eigenvalue weighted by Crippen LogP contribution is 2.43. The third kappa shape index (κ3) is 57.0. The Morgan fingerprint density at radius 3 is 1.13 bits per heavy atom. The average Bonchev–Trinajstić information content (AvgIpc) is 3.37. The maximum absolute atomic E-state index is 13.6. The summed E-state index contributed by atoms with van der Waals surface area (Å²) in [7, 11) is 1.51. The van der Waals surface area contributed by atoms with Gasteiger partial charge in [0.1, 0.15) is 19.3 Å². The van der Waals surface area contributed by atoms with Gasteiger partial charge in [0.05, 0.1) is 33.8 Å². The monoisotopic (exact) mass is 1080 g/mol. The molecule has 0 rings (SSSR count). The number of esters is 1. The number of carbonyl (C=O) groups excluding carboxylic acids is 2. The van der Waals surface area contributed by atoms with Crippen LogP contribution in [0, 0.1) is 0 Å². The summed E-state index contributed by atoms with van der Waals surface area (Å²) in [5.74, 6) is -0.488. The quantitative estimate of drug-likeness (QED) is 0.0205. The lowest BCUT2D eigenvalue weighted by Crippen LogP contribution is -2.47. The minimum absolute atomic E-state index is 0.0443. The third-order valence-corrected chi connectivity index (χ3v) is 15.9. The van der Waals surface area contributed by atoms with Crippen molar-refractivity contribution in [1.29, 1.82) is 0 Å². The third-order valence-electron chi connectivity index (χ3n) is 14.9. The van der Waals surface area contributed by atoms with Crippen molar-refractivity contribution >= 4 is 19.7 Å². The second-order valence-corrected chi connectivity index (χ2v) is 25.1. The van der Waals surface area contributed by atoms with E-state index in [1.54, 1.807) is 0 Å². The van der Waals surface area contributed by atoms with Crippen LogP contribution in [0.2, 0.25) is 0 Å². The Morgan fingerprint density at radius 2 is 0.773 bits per heavy atom. The number of quaternary nitrogens is 1. The van der Waals surface area contributed by atoms with Crippen molar-refractivity contribution in [3.8, 4) is 0 Å². The molecule has 0 aliphatic rings. The molecule has 444 valence electrons. The molecule has 9 nitrogen and oxygen atoms in total. The molecule has 3 atom stereocenters. The summed E-state index contributed by atoms with van der Waals surface area (Å²) in [5.41, 5.74) is 0. The summed E-state index contributed by atoms with van der Waals surface area (Å²) in [6.45, 7) is 7.05. The second-order valence-electron chi connectivity index (χ2n) is 23.6. The molecule has 0 saturated heterocycles. The van der Waals surface area contributed by atoms with E-state index in [4.69, 9.17) is 13.8 Å². The van der Waals surface area contributed by atoms with E-state index in [1.165, 1.54) is 238 Å². The van der Waals surface area contributed by atoms with Crippen LogP contribution in [-0.2, 0) is 27.9 Å². The number of phosphoric ester groups is 1. The number of unbranched alkanes of at least 4 members (excludes halogenated alkanes) is 42. The first-order valence-electron chi connectivity index (χ1n) is 32.7. The van der Waals surface area contributed by atoms with E-state index in [2.05, 4.69) is 38.2 Å². The van der Waals surface area contributed by atoms with Crippen molar-refractivity contribution in [2.24, 2.45) is 0 Å². The number of nitrogens with zero attached hydrogens (tertiary/aromatic N) is 1. The SMILES string of the molecule is CCCCCCCC/C=C/CCCCCCCCCCCCCCCCCC(=O)NC(COP(=O)(O)OCC[N+](C)(C)C)C(/C=C\CCCCCCCCCCC)OC(=O)CCCCCCCCCCCCCCC. The Labute approximate surface area is 466 Å². The van der Waals surface area contributed by atoms with Crippen LogP contribution in [0.3, 0.4) is 0 Å². The average molecular weight is 1080 g/mol. The maximum Gasteiger partial charge on any atom is 0.472 e. The normalized spacial score (nSPS) is 13.7. The summed E-state index contributed by atoms with van der Waals surface area (Å²) in [5, 5.41) is 3.06. The Bertz CT molecular complexity index is 1340. The van der Waals surface area contributed by atoms with Crippen LogP contribution in [0.25, 0.3) is 0 Å². The smallest absolute Gasteiger partial charge is 0.456 e. The first-order chi connectivity index (χ1) is 36.4. The van der Waals surface area contributed by atoms with Crippen LogP contribution in [0.4, 0.5) is 0 Å². The maximum atomic E-state index is 13.6. The Kier molecular flexibility index (Phi) is 54.7. The van der Waals surface area contributed by atoms with Gasteiger partial charge < -0.3 is 19.4 Å². The minimum Gasteiger partial charge on any atom is -0.456 e. The number of phosphoric acid groups is 1. The number of nitrogens with one attached hydrogen (secondary N) is 1. The summed E-state index contributed by atoms with van der Waals surface area (Å²) >= 11 is 0. The highest BCUT2D eigenvalue weighted by molar-refractivity contribution is 7.47. The molecular formula is C65H128N2O7P+. The number of likely N-dealkylation sites (N-methyl/N-ethyl adjacent to an activating group) is 1. The predicted molar refractivity (Wildman–Crippen MR) is 323 cm³/mol. The van der Waals surface area contributed by atoms with Crippen LogP contribution < -0.4 is 5.32 Å². The van der Waals surface area contributed by atoms with Crippen molar-refractivity contribution in [3.63, 3.8) is 0 Å². The first-order valence-corrected chi connectivity index (χ1v) is 34.2. The molecule has 0 fully saturated rings. The van der Waals surface area contributed by atoms with Crippen molar-refractivity contribution < 1.29 is 37.3 Å². The standard InChI is InChI=1S/C65H127N2O7P/c1-7-10-13-16-19-22-25-27-28-29-30-31-32-33-34-35-36-37-38-40-42-45-48-51-54-57-64(68)66-62(61-73-75(70,71)72-60-59-67(4,5)6)63(56-53-50-47-44-41-24-21-18-15-12-9-3)74-65(69)58-55-52-49-46-43-39-26-23-20-17-14-11-8-2/h27-28,53,56,62-63H,7-26,29-52,54-55,57-61H2,1-6H3,(H-,66,68,70,71)/p+1/b28-27+,56-53-. The molecule has 1 amide bonds. The van der Waals surface area contributed by atoms with E-state index in [-0.39, 0.29) is 25.1 Å². The van der Waals surface area contributed by atoms with Crippen LogP contribution in [-0.4, -0.2) is 74.3 Å². The van der Waals surface area contributed by atoms with Gasteiger partial charge in [0.15, 0.2) is 0 Å². The van der Waals surface area contributed by atoms with Gasteiger partial charge in [-0.25, -0.2) is 4.57 Å². The van der Waals surface area contributed by atoms with Crippen molar-refractivity contribution in [2.45, 2.75) is 341 Å². The van der Waals surface area contributed by atoms with Gasteiger partial charge in [0.2, 0.25) is 5.91 Å². The predicted octanol–water partition coefficient (Wildman–Crippen LogP) is 20.1. The lowest BCUT2D eigenvalue weighted by Gasteiger charge is -2.27. The largest absolute Gasteiger partial charge is 0.472 e. The number of amides is 1. The van der Waals surface area contributed by atoms with Crippen molar-refractivity contribution in [2.75, 3.05) is 40.9 Å². The van der Waals surface area contributed by atoms with Crippen molar-refractivity contribution in [1.82, 2.24) is 5.32 Å². The molecule has 0 saturated carbocycles. The molecule has 0 bridgehead atoms. The highest BCUT2D eigenvalue weighted by Gasteiger charge is 2.30. The van der Waals surface area contributed by atoms with E-state index in [0.717, 1.165) is 57.8 Å². The Morgan fingerprint density at radius 1 is 0.453 bits per heavy atom. The lowest BCUT2D eigenvalue weighted by atomic mass is 10.0. The zero-order valence-corrected chi connectivity index (χ0v) is 51.7. The molecular weight excluding hydrogens is 952 g/mol. The van der Waals surface area contributed by atoms with Gasteiger partial charge >= 0.3 is 13.8 Å². The zero-order chi connectivity index (χ0) is 55.0. The molecule has 2 N–H and O–H groups in total. The zero-order valence-electron chi connectivity index (χ0n) is 50.8. The number of ether oxygens (including phenoxy) is 1. The molecule has 0 aliphatic carbocycles. The second kappa shape index (κ2) is 55.8. The number of rotatable bonds is 60. The summed E-state index contributed by atoms with van der Waals surface area (Å²) < 4.78 is 30.7. The van der Waals surface area contributed by atoms with Gasteiger partial charge in [-0.15, -0.1) is 0 Å². The van der Waals surface area contributed by atoms with E-state index in [0.29, 0.717) is 23.9 Å². The molecule has 0 aromatic carbocycles. The van der Waals surface area contributed by atoms with Crippen LogP contribution in [0.5, 0.6) is 0 Å². The van der Waals surface area contributed by atoms with Gasteiger partial charge in [-0.1, -0.05) is 283 Å². The fraction of sp³-hybridized carbons (Fsp3) is 0.908. The minimum atomic E-state index is -4.44. The summed E-state index contributed by atoms with van der Waals surface area (Å²) in [6.07, 6.45) is 66.1. The lowest BCUT2D eigenvalue weighted by molar-refractivity contribution is -0.870. The molecule has 0 aromatic rings. The molecule has 0 heterocycles. The van der Waals surface area contributed by atoms with E-state index >= 15 is 0 Å². The number of hydrogen-bond acceptors (Lipinski definition) is 6. The fourth-order valence-corrected chi connectivity index (χ4v) is 10.6. The van der Waals surface area contributed by atoms with Crippen LogP contribution in [0.1, 0.15) is 329 Å². The van der Waals surface area contributed by atoms with Crippen molar-refractivity contribution in [3.05, 3.63) is 24.3 Å². The summed E-state index contributed by atoms with van der Waals surface area (Å²) in [6, 6.07) is -0.841. The number of carbonyl (C=O) groups is 2. The van der Waals surface area contributed by atoms with Gasteiger partial charge in [0, 0.05) is 12.8 Å². The van der Waals surface area contributed by atoms with Gasteiger partial charge in [0.25, 0.3) is 0 Å². The molecule has 3 unspecified atom stereocenters. The van der Waals surface area contributed by atoms with Gasteiger partial charge in [-0.05, 0) is 57.4 Å². The molecule has 0 spiro atoms. The fourth-order valence-electron chi connectivity index (χ4n) is 9.82. The van der Waals surface area contributed by atoms with Gasteiger partial charge in [-0.3, -0.25) is 18.6 Å². The first kappa shape index (κ1) is 73.5. The molecule has 0 aliphatic heterocycles. The highest BCUT2D eigenvalue weighted by atomic mass is 31.2. The van der Waals surface area contributed by atoms with E-state index in [9.17, 15) is 19.0 Å². The number of allylic oxidation sites excluding steroid dienone is 3. The Balaban J connectivity index is 5.00. The number of hydrogen-bond donors (Lipinski definition) is 2. The molecule has 75 heavy (non-hydrogen) atoms. The Hall–Kier alpha value is -1.51. The molecule has 0 radical (unpaired) electrons. The van der Waals surface area contributed by atoms with Crippen LogP contribution in [0.15, 0.2) is 24.3 Å². The molecule has 10 heteroatoms. The van der Waals surface area contributed by atoms with Gasteiger partial charge in [-0.2, -0.15) is 0 Å². The van der Waals surface area contributed by atoms with E-state index < -0.39 is 20.0 Å². The van der Waals surface area contributed by atoms with Crippen LogP contribution >= 0.6 is 7.82 Å². The summed E-state index contributed by atoms with van der Waals surface area (Å²) in [4.78, 5) is 37.7.